The van der Waals surface area contributed by atoms with Crippen molar-refractivity contribution in [1.82, 2.24) is 4.98 Å². The largest absolute Gasteiger partial charge is 0.417 e. The molecular formula is C19H10Cl2F3N3S. The molecule has 142 valence electrons. The number of allylic oxidation sites excluding steroid dienone is 1. The molecule has 0 saturated heterocycles. The molecule has 0 saturated carbocycles. The first-order valence-corrected chi connectivity index (χ1v) is 9.37. The zero-order valence-electron chi connectivity index (χ0n) is 13.9. The number of nitrogens with one attached hydrogen (secondary N) is 1. The number of hydrogen-bond donors (Lipinski definition) is 1. The summed E-state index contributed by atoms with van der Waals surface area (Å²) in [5.41, 5.74) is 0.895. The average Bonchev–Trinajstić information content (AvgIpc) is 3.13. The summed E-state index contributed by atoms with van der Waals surface area (Å²) in [7, 11) is 0. The summed E-state index contributed by atoms with van der Waals surface area (Å²) in [6.45, 7) is 0. The van der Waals surface area contributed by atoms with Crippen molar-refractivity contribution in [2.75, 3.05) is 5.32 Å². The molecule has 0 atom stereocenters. The van der Waals surface area contributed by atoms with Crippen molar-refractivity contribution < 1.29 is 13.2 Å². The van der Waals surface area contributed by atoms with Gasteiger partial charge in [0.2, 0.25) is 0 Å². The van der Waals surface area contributed by atoms with E-state index >= 15 is 0 Å². The molecule has 0 amide bonds. The Labute approximate surface area is 172 Å². The zero-order valence-corrected chi connectivity index (χ0v) is 16.2. The lowest BCUT2D eigenvalue weighted by Crippen LogP contribution is -2.06. The predicted octanol–water partition coefficient (Wildman–Crippen LogP) is 7.11. The van der Waals surface area contributed by atoms with Crippen LogP contribution in [0.5, 0.6) is 0 Å². The summed E-state index contributed by atoms with van der Waals surface area (Å²) in [5, 5.41) is 14.5. The predicted molar refractivity (Wildman–Crippen MR) is 106 cm³/mol. The van der Waals surface area contributed by atoms with Gasteiger partial charge in [0, 0.05) is 27.9 Å². The van der Waals surface area contributed by atoms with Crippen molar-refractivity contribution in [1.29, 1.82) is 5.26 Å². The van der Waals surface area contributed by atoms with Crippen LogP contribution in [0, 0.1) is 11.3 Å². The van der Waals surface area contributed by atoms with E-state index in [1.54, 1.807) is 17.5 Å². The Balaban J connectivity index is 1.84. The molecule has 3 aromatic rings. The number of hydrogen-bond acceptors (Lipinski definition) is 4. The van der Waals surface area contributed by atoms with Crippen molar-refractivity contribution in [2.24, 2.45) is 0 Å². The van der Waals surface area contributed by atoms with Gasteiger partial charge in [-0.25, -0.2) is 4.98 Å². The average molecular weight is 440 g/mol. The SMILES string of the molecule is N#C/C(=C\Nc1ccc(Cl)c(C(F)(F)F)c1)c1nc(-c2ccc(Cl)cc2)cs1. The van der Waals surface area contributed by atoms with Crippen LogP contribution in [-0.4, -0.2) is 4.98 Å². The monoisotopic (exact) mass is 439 g/mol. The van der Waals surface area contributed by atoms with Gasteiger partial charge in [0.15, 0.2) is 0 Å². The molecule has 0 aliphatic rings. The fourth-order valence-electron chi connectivity index (χ4n) is 2.28. The minimum atomic E-state index is -4.57. The highest BCUT2D eigenvalue weighted by atomic mass is 35.5. The maximum atomic E-state index is 13.0. The summed E-state index contributed by atoms with van der Waals surface area (Å²) >= 11 is 12.7. The molecule has 0 spiro atoms. The zero-order chi connectivity index (χ0) is 20.3. The van der Waals surface area contributed by atoms with E-state index in [1.807, 2.05) is 18.2 Å². The molecule has 2 aromatic carbocycles. The van der Waals surface area contributed by atoms with Crippen molar-refractivity contribution in [3.05, 3.63) is 74.7 Å². The Morgan fingerprint density at radius 2 is 1.86 bits per heavy atom. The van der Waals surface area contributed by atoms with Gasteiger partial charge in [-0.2, -0.15) is 18.4 Å². The van der Waals surface area contributed by atoms with Gasteiger partial charge in [0.25, 0.3) is 0 Å². The van der Waals surface area contributed by atoms with Crippen LogP contribution in [0.1, 0.15) is 10.6 Å². The van der Waals surface area contributed by atoms with Gasteiger partial charge in [0.1, 0.15) is 16.6 Å². The highest BCUT2D eigenvalue weighted by Crippen LogP contribution is 2.36. The van der Waals surface area contributed by atoms with Crippen LogP contribution in [0.3, 0.4) is 0 Å². The van der Waals surface area contributed by atoms with E-state index in [1.165, 1.54) is 23.6 Å². The topological polar surface area (TPSA) is 48.7 Å². The normalized spacial score (nSPS) is 11.9. The molecule has 3 nitrogen and oxygen atoms in total. The number of anilines is 1. The molecule has 1 heterocycles. The second kappa shape index (κ2) is 8.23. The molecule has 28 heavy (non-hydrogen) atoms. The Kier molecular flexibility index (Phi) is 5.94. The van der Waals surface area contributed by atoms with Gasteiger partial charge in [-0.1, -0.05) is 35.3 Å². The number of nitrogens with zero attached hydrogens (tertiary/aromatic N) is 2. The molecular weight excluding hydrogens is 430 g/mol. The summed E-state index contributed by atoms with van der Waals surface area (Å²) in [6, 6.07) is 12.5. The van der Waals surface area contributed by atoms with Crippen LogP contribution >= 0.6 is 34.5 Å². The van der Waals surface area contributed by atoms with E-state index < -0.39 is 16.8 Å². The number of thiazole rings is 1. The van der Waals surface area contributed by atoms with E-state index in [4.69, 9.17) is 23.2 Å². The van der Waals surface area contributed by atoms with Gasteiger partial charge >= 0.3 is 6.18 Å². The first-order chi connectivity index (χ1) is 13.3. The van der Waals surface area contributed by atoms with Gasteiger partial charge in [0.05, 0.1) is 16.3 Å². The Hall–Kier alpha value is -2.53. The number of aromatic nitrogens is 1. The van der Waals surface area contributed by atoms with Gasteiger partial charge in [-0.05, 0) is 30.3 Å². The van der Waals surface area contributed by atoms with E-state index in [9.17, 15) is 18.4 Å². The van der Waals surface area contributed by atoms with Crippen LogP contribution in [0.25, 0.3) is 16.8 Å². The molecule has 1 aromatic heterocycles. The third kappa shape index (κ3) is 4.65. The molecule has 0 aliphatic carbocycles. The van der Waals surface area contributed by atoms with Crippen molar-refractivity contribution >= 4 is 45.8 Å². The van der Waals surface area contributed by atoms with Crippen molar-refractivity contribution in [3.63, 3.8) is 0 Å². The summed E-state index contributed by atoms with van der Waals surface area (Å²) in [6.07, 6.45) is -3.26. The maximum Gasteiger partial charge on any atom is 0.417 e. The standard InChI is InChI=1S/C19H10Cl2F3N3S/c20-13-3-1-11(2-4-13)17-10-28-18(27-17)12(8-25)9-26-14-5-6-16(21)15(7-14)19(22,23)24/h1-7,9-10,26H/b12-9+. The molecule has 0 aliphatic heterocycles. The lowest BCUT2D eigenvalue weighted by Gasteiger charge is -2.10. The van der Waals surface area contributed by atoms with Crippen LogP contribution in [0.4, 0.5) is 18.9 Å². The first kappa shape index (κ1) is 20.2. The second-order valence-electron chi connectivity index (χ2n) is 5.55. The Morgan fingerprint density at radius 3 is 2.50 bits per heavy atom. The van der Waals surface area contributed by atoms with E-state index in [-0.39, 0.29) is 11.3 Å². The molecule has 0 bridgehead atoms. The second-order valence-corrected chi connectivity index (χ2v) is 7.25. The Morgan fingerprint density at radius 1 is 1.14 bits per heavy atom. The molecule has 9 heteroatoms. The van der Waals surface area contributed by atoms with Crippen LogP contribution in [-0.2, 0) is 6.18 Å². The summed E-state index contributed by atoms with van der Waals surface area (Å²) in [4.78, 5) is 4.41. The fourth-order valence-corrected chi connectivity index (χ4v) is 3.43. The summed E-state index contributed by atoms with van der Waals surface area (Å²) in [5.74, 6) is 0. The minimum absolute atomic E-state index is 0.152. The maximum absolute atomic E-state index is 13.0. The van der Waals surface area contributed by atoms with E-state index in [0.717, 1.165) is 17.7 Å². The fraction of sp³-hybridized carbons (Fsp3) is 0.0526. The number of alkyl halides is 3. The molecule has 0 unspecified atom stereocenters. The van der Waals surface area contributed by atoms with Gasteiger partial charge in [-0.15, -0.1) is 11.3 Å². The highest BCUT2D eigenvalue weighted by molar-refractivity contribution is 7.11. The number of benzene rings is 2. The number of rotatable bonds is 4. The van der Waals surface area contributed by atoms with E-state index in [2.05, 4.69) is 10.3 Å². The Bertz CT molecular complexity index is 1070. The van der Waals surface area contributed by atoms with Crippen LogP contribution < -0.4 is 5.32 Å². The van der Waals surface area contributed by atoms with Gasteiger partial charge in [-0.3, -0.25) is 0 Å². The molecule has 3 rings (SSSR count). The van der Waals surface area contributed by atoms with Gasteiger partial charge < -0.3 is 5.32 Å². The minimum Gasteiger partial charge on any atom is -0.360 e. The lowest BCUT2D eigenvalue weighted by atomic mass is 10.2. The van der Waals surface area contributed by atoms with Crippen LogP contribution in [0.2, 0.25) is 10.0 Å². The first-order valence-electron chi connectivity index (χ1n) is 7.73. The molecule has 0 radical (unpaired) electrons. The summed E-state index contributed by atoms with van der Waals surface area (Å²) < 4.78 is 38.9. The van der Waals surface area contributed by atoms with E-state index in [0.29, 0.717) is 15.7 Å². The molecule has 1 N–H and O–H groups in total. The van der Waals surface area contributed by atoms with Crippen molar-refractivity contribution in [3.8, 4) is 17.3 Å². The highest BCUT2D eigenvalue weighted by Gasteiger charge is 2.33. The van der Waals surface area contributed by atoms with Crippen LogP contribution in [0.15, 0.2) is 54.0 Å². The smallest absolute Gasteiger partial charge is 0.360 e. The lowest BCUT2D eigenvalue weighted by molar-refractivity contribution is -0.137. The third-order valence-electron chi connectivity index (χ3n) is 3.65. The van der Waals surface area contributed by atoms with Crippen molar-refractivity contribution in [2.45, 2.75) is 6.18 Å². The number of halogens is 5. The molecule has 0 fully saturated rings. The number of nitriles is 1. The quantitative estimate of drug-likeness (QED) is 0.440. The third-order valence-corrected chi connectivity index (χ3v) is 5.11.